The van der Waals surface area contributed by atoms with E-state index in [1.807, 2.05) is 0 Å². The van der Waals surface area contributed by atoms with E-state index in [2.05, 4.69) is 17.0 Å². The van der Waals surface area contributed by atoms with Gasteiger partial charge in [0.15, 0.2) is 5.71 Å². The van der Waals surface area contributed by atoms with Crippen molar-refractivity contribution in [2.45, 2.75) is 6.54 Å². The number of ether oxygens (including phenoxy) is 2. The van der Waals surface area contributed by atoms with E-state index >= 15 is 0 Å². The number of amides is 1. The van der Waals surface area contributed by atoms with Crippen molar-refractivity contribution < 1.29 is 14.3 Å². The number of nitrogens with one attached hydrogen (secondary N) is 1. The van der Waals surface area contributed by atoms with Crippen LogP contribution in [0, 0.1) is 0 Å². The van der Waals surface area contributed by atoms with E-state index < -0.39 is 5.91 Å². The van der Waals surface area contributed by atoms with Crippen molar-refractivity contribution in [3.8, 4) is 11.5 Å². The molecule has 0 heterocycles. The molecule has 20 heavy (non-hydrogen) atoms. The molecule has 7 nitrogen and oxygen atoms in total. The molecule has 1 aromatic carbocycles. The fourth-order valence-corrected chi connectivity index (χ4v) is 1.54. The number of carbonyl (C=O) groups excluding carboxylic acids is 1. The molecular formula is C13H18N4O3. The lowest BCUT2D eigenvalue weighted by molar-refractivity contribution is -0.114. The number of nitrogens with zero attached hydrogens (tertiary/aromatic N) is 1. The molecule has 0 aliphatic heterocycles. The zero-order chi connectivity index (χ0) is 15.1. The zero-order valence-corrected chi connectivity index (χ0v) is 11.5. The molecule has 0 bridgehead atoms. The quantitative estimate of drug-likeness (QED) is 0.388. The zero-order valence-electron chi connectivity index (χ0n) is 11.5. The lowest BCUT2D eigenvalue weighted by Crippen LogP contribution is -2.34. The van der Waals surface area contributed by atoms with Crippen LogP contribution in [0.3, 0.4) is 0 Å². The Hall–Kier alpha value is -2.70. The van der Waals surface area contributed by atoms with Gasteiger partial charge < -0.3 is 26.4 Å². The van der Waals surface area contributed by atoms with E-state index in [9.17, 15) is 4.79 Å². The first-order chi connectivity index (χ1) is 9.53. The van der Waals surface area contributed by atoms with Crippen molar-refractivity contribution in [2.75, 3.05) is 14.2 Å². The minimum absolute atomic E-state index is 0.00620. The Morgan fingerprint density at radius 1 is 1.40 bits per heavy atom. The molecule has 0 aliphatic carbocycles. The smallest absolute Gasteiger partial charge is 0.274 e. The minimum atomic E-state index is -0.502. The third-order valence-electron chi connectivity index (χ3n) is 2.58. The van der Waals surface area contributed by atoms with Crippen LogP contribution in [-0.2, 0) is 11.3 Å². The molecule has 1 amide bonds. The Morgan fingerprint density at radius 2 is 2.10 bits per heavy atom. The predicted molar refractivity (Wildman–Crippen MR) is 76.3 cm³/mol. The summed E-state index contributed by atoms with van der Waals surface area (Å²) in [6, 6.07) is 5.28. The highest BCUT2D eigenvalue weighted by atomic mass is 16.5. The highest BCUT2D eigenvalue weighted by molar-refractivity contribution is 6.44. The number of rotatable bonds is 6. The monoisotopic (exact) mass is 278 g/mol. The van der Waals surface area contributed by atoms with Gasteiger partial charge in [0.05, 0.1) is 19.9 Å². The summed E-state index contributed by atoms with van der Waals surface area (Å²) in [6.45, 7) is 3.66. The second-order valence-electron chi connectivity index (χ2n) is 3.86. The molecule has 1 rings (SSSR count). The van der Waals surface area contributed by atoms with E-state index in [1.54, 1.807) is 25.3 Å². The van der Waals surface area contributed by atoms with E-state index in [-0.39, 0.29) is 18.0 Å². The average Bonchev–Trinajstić information content (AvgIpc) is 2.45. The van der Waals surface area contributed by atoms with Crippen LogP contribution in [-0.4, -0.2) is 25.8 Å². The van der Waals surface area contributed by atoms with Crippen molar-refractivity contribution in [1.29, 1.82) is 0 Å². The van der Waals surface area contributed by atoms with Gasteiger partial charge >= 0.3 is 0 Å². The first-order valence-corrected chi connectivity index (χ1v) is 5.75. The van der Waals surface area contributed by atoms with Crippen molar-refractivity contribution >= 4 is 11.6 Å². The first-order valence-electron chi connectivity index (χ1n) is 5.75. The van der Waals surface area contributed by atoms with Gasteiger partial charge in [0, 0.05) is 18.2 Å². The number of hydrogen-bond donors (Lipinski definition) is 3. The molecule has 0 radical (unpaired) electrons. The lowest BCUT2D eigenvalue weighted by atomic mass is 10.2. The van der Waals surface area contributed by atoms with E-state index in [1.165, 1.54) is 7.11 Å². The van der Waals surface area contributed by atoms with Crippen LogP contribution in [0.5, 0.6) is 11.5 Å². The number of hydrogen-bond acceptors (Lipinski definition) is 6. The normalized spacial score (nSPS) is 10.8. The summed E-state index contributed by atoms with van der Waals surface area (Å²) in [4.78, 5) is 11.8. The maximum absolute atomic E-state index is 11.8. The summed E-state index contributed by atoms with van der Waals surface area (Å²) in [7, 11) is 3.10. The fourth-order valence-electron chi connectivity index (χ4n) is 1.54. The van der Waals surface area contributed by atoms with Crippen LogP contribution in [0.15, 0.2) is 35.6 Å². The van der Waals surface area contributed by atoms with E-state index in [4.69, 9.17) is 21.1 Å². The molecule has 0 saturated heterocycles. The molecule has 1 aromatic rings. The second-order valence-corrected chi connectivity index (χ2v) is 3.86. The number of nitrogens with two attached hydrogens (primary N) is 2. The highest BCUT2D eigenvalue weighted by Gasteiger charge is 2.13. The van der Waals surface area contributed by atoms with Gasteiger partial charge in [0.1, 0.15) is 11.5 Å². The summed E-state index contributed by atoms with van der Waals surface area (Å²) in [5.41, 5.74) is 6.09. The third-order valence-corrected chi connectivity index (χ3v) is 2.58. The van der Waals surface area contributed by atoms with Crippen LogP contribution >= 0.6 is 0 Å². The van der Waals surface area contributed by atoms with Gasteiger partial charge in [0.25, 0.3) is 5.91 Å². The van der Waals surface area contributed by atoms with Crippen molar-refractivity contribution in [3.63, 3.8) is 0 Å². The molecule has 0 fully saturated rings. The molecule has 7 heteroatoms. The summed E-state index contributed by atoms with van der Waals surface area (Å²) in [5, 5.41) is 5.93. The van der Waals surface area contributed by atoms with E-state index in [0.717, 1.165) is 5.56 Å². The topological polar surface area (TPSA) is 112 Å². The SMILES string of the molecule is C=C(N)/C(=N\N)C(=O)NCc1ccc(OC)cc1OC. The molecule has 0 aromatic heterocycles. The largest absolute Gasteiger partial charge is 0.497 e. The summed E-state index contributed by atoms with van der Waals surface area (Å²) in [5.74, 6) is 5.84. The molecule has 0 unspecified atom stereocenters. The standard InChI is InChI=1S/C13H18N4O3/c1-8(14)12(17-15)13(18)16-7-9-4-5-10(19-2)6-11(9)20-3/h4-6H,1,7,14-15H2,2-3H3,(H,16,18)/b17-12+. The fraction of sp³-hybridized carbons (Fsp3) is 0.231. The summed E-state index contributed by atoms with van der Waals surface area (Å²) < 4.78 is 10.3. The van der Waals surface area contributed by atoms with Crippen molar-refractivity contribution in [1.82, 2.24) is 5.32 Å². The number of benzene rings is 1. The molecule has 5 N–H and O–H groups in total. The molecule has 0 spiro atoms. The summed E-state index contributed by atoms with van der Waals surface area (Å²) >= 11 is 0. The van der Waals surface area contributed by atoms with E-state index in [0.29, 0.717) is 11.5 Å². The van der Waals surface area contributed by atoms with Gasteiger partial charge in [-0.2, -0.15) is 5.10 Å². The first kappa shape index (κ1) is 15.4. The Balaban J connectivity index is 2.80. The minimum Gasteiger partial charge on any atom is -0.497 e. The Labute approximate surface area is 117 Å². The lowest BCUT2D eigenvalue weighted by Gasteiger charge is -2.11. The van der Waals surface area contributed by atoms with Gasteiger partial charge in [-0.05, 0) is 12.1 Å². The second kappa shape index (κ2) is 7.03. The van der Waals surface area contributed by atoms with Crippen LogP contribution in [0.1, 0.15) is 5.56 Å². The van der Waals surface area contributed by atoms with Crippen LogP contribution in [0.25, 0.3) is 0 Å². The number of hydrazone groups is 1. The highest BCUT2D eigenvalue weighted by Crippen LogP contribution is 2.24. The maximum atomic E-state index is 11.8. The van der Waals surface area contributed by atoms with Gasteiger partial charge in [-0.1, -0.05) is 6.58 Å². The van der Waals surface area contributed by atoms with Gasteiger partial charge in [-0.25, -0.2) is 0 Å². The predicted octanol–water partition coefficient (Wildman–Crippen LogP) is 0.107. The van der Waals surface area contributed by atoms with Crippen molar-refractivity contribution in [2.24, 2.45) is 16.7 Å². The van der Waals surface area contributed by atoms with Crippen LogP contribution < -0.4 is 26.4 Å². The molecule has 0 saturated carbocycles. The number of carbonyl (C=O) groups is 1. The van der Waals surface area contributed by atoms with Crippen molar-refractivity contribution in [3.05, 3.63) is 36.0 Å². The maximum Gasteiger partial charge on any atom is 0.274 e. The van der Waals surface area contributed by atoms with Gasteiger partial charge in [-0.15, -0.1) is 0 Å². The Bertz CT molecular complexity index is 540. The number of methoxy groups -OCH3 is 2. The summed E-state index contributed by atoms with van der Waals surface area (Å²) in [6.07, 6.45) is 0. The third kappa shape index (κ3) is 3.64. The average molecular weight is 278 g/mol. The van der Waals surface area contributed by atoms with Gasteiger partial charge in [-0.3, -0.25) is 4.79 Å². The van der Waals surface area contributed by atoms with Crippen LogP contribution in [0.2, 0.25) is 0 Å². The molecule has 0 atom stereocenters. The molecule has 108 valence electrons. The Kier molecular flexibility index (Phi) is 5.40. The Morgan fingerprint density at radius 3 is 2.60 bits per heavy atom. The molecule has 0 aliphatic rings. The molecular weight excluding hydrogens is 260 g/mol. The van der Waals surface area contributed by atoms with Crippen LogP contribution in [0.4, 0.5) is 0 Å². The van der Waals surface area contributed by atoms with Gasteiger partial charge in [0.2, 0.25) is 0 Å².